The predicted octanol–water partition coefficient (Wildman–Crippen LogP) is 3.07. The third-order valence-electron chi connectivity index (χ3n) is 5.41. The van der Waals surface area contributed by atoms with Crippen molar-refractivity contribution in [1.82, 2.24) is 14.8 Å². The van der Waals surface area contributed by atoms with Crippen molar-refractivity contribution < 1.29 is 4.74 Å². The molecule has 2 heterocycles. The summed E-state index contributed by atoms with van der Waals surface area (Å²) in [7, 11) is 3.56. The minimum atomic E-state index is 0.0671. The van der Waals surface area contributed by atoms with Gasteiger partial charge in [0.05, 0.1) is 13.2 Å². The normalized spacial score (nSPS) is 22.5. The number of rotatable bonds is 5. The molecule has 1 aromatic carbocycles. The van der Waals surface area contributed by atoms with E-state index in [0.29, 0.717) is 12.1 Å². The Morgan fingerprint density at radius 2 is 1.92 bits per heavy atom. The number of pyridine rings is 1. The van der Waals surface area contributed by atoms with Crippen molar-refractivity contribution in [2.75, 3.05) is 20.2 Å². The predicted molar refractivity (Wildman–Crippen MR) is 107 cm³/mol. The Kier molecular flexibility index (Phi) is 5.68. The van der Waals surface area contributed by atoms with E-state index in [9.17, 15) is 4.79 Å². The van der Waals surface area contributed by atoms with Gasteiger partial charge in [-0.25, -0.2) is 0 Å². The first kappa shape index (κ1) is 18.9. The molecular formula is C21H31N3O2. The first-order chi connectivity index (χ1) is 12.4. The van der Waals surface area contributed by atoms with Crippen LogP contribution in [0.15, 0.2) is 29.1 Å². The summed E-state index contributed by atoms with van der Waals surface area (Å²) < 4.78 is 7.20. The lowest BCUT2D eigenvalue weighted by molar-refractivity contribution is 0.112. The number of nitrogens with zero attached hydrogens (tertiary/aromatic N) is 2. The average Bonchev–Trinajstić information content (AvgIpc) is 2.61. The Morgan fingerprint density at radius 3 is 2.54 bits per heavy atom. The summed E-state index contributed by atoms with van der Waals surface area (Å²) in [5, 5.41) is 5.30. The van der Waals surface area contributed by atoms with Gasteiger partial charge >= 0.3 is 0 Å². The van der Waals surface area contributed by atoms with E-state index >= 15 is 0 Å². The fraction of sp³-hybridized carbons (Fsp3) is 0.571. The van der Waals surface area contributed by atoms with Crippen LogP contribution in [0.25, 0.3) is 10.8 Å². The smallest absolute Gasteiger partial charge is 0.258 e. The van der Waals surface area contributed by atoms with E-state index < -0.39 is 0 Å². The first-order valence-electron chi connectivity index (χ1n) is 9.62. The molecule has 1 fully saturated rings. The zero-order valence-electron chi connectivity index (χ0n) is 16.6. The van der Waals surface area contributed by atoms with Gasteiger partial charge in [-0.05, 0) is 49.9 Å². The monoisotopic (exact) mass is 357 g/mol. The van der Waals surface area contributed by atoms with Crippen molar-refractivity contribution in [2.45, 2.75) is 51.7 Å². The average molecular weight is 357 g/mol. The Morgan fingerprint density at radius 1 is 1.23 bits per heavy atom. The van der Waals surface area contributed by atoms with E-state index in [1.54, 1.807) is 7.11 Å². The van der Waals surface area contributed by atoms with Gasteiger partial charge in [-0.2, -0.15) is 0 Å². The van der Waals surface area contributed by atoms with Crippen molar-refractivity contribution in [2.24, 2.45) is 7.05 Å². The minimum Gasteiger partial charge on any atom is -0.497 e. The third-order valence-corrected chi connectivity index (χ3v) is 5.41. The van der Waals surface area contributed by atoms with Gasteiger partial charge in [0.15, 0.2) is 0 Å². The maximum Gasteiger partial charge on any atom is 0.258 e. The molecule has 2 aromatic rings. The molecule has 1 unspecified atom stereocenters. The van der Waals surface area contributed by atoms with E-state index in [1.165, 1.54) is 0 Å². The Hall–Kier alpha value is -1.85. The first-order valence-corrected chi connectivity index (χ1v) is 9.62. The molecule has 26 heavy (non-hydrogen) atoms. The van der Waals surface area contributed by atoms with Crippen molar-refractivity contribution in [3.05, 3.63) is 40.3 Å². The second kappa shape index (κ2) is 7.80. The number of aromatic nitrogens is 1. The molecule has 3 rings (SSSR count). The summed E-state index contributed by atoms with van der Waals surface area (Å²) in [6.07, 6.45) is 2.13. The number of fused-ring (bicyclic) bond motifs is 1. The molecule has 5 heteroatoms. The van der Waals surface area contributed by atoms with Gasteiger partial charge in [0.1, 0.15) is 5.75 Å². The highest BCUT2D eigenvalue weighted by Crippen LogP contribution is 2.29. The van der Waals surface area contributed by atoms with Crippen LogP contribution in [0, 0.1) is 0 Å². The lowest BCUT2D eigenvalue weighted by Gasteiger charge is -2.41. The van der Waals surface area contributed by atoms with Crippen LogP contribution in [0.1, 0.15) is 45.3 Å². The molecule has 1 aliphatic rings. The zero-order valence-corrected chi connectivity index (χ0v) is 16.6. The summed E-state index contributed by atoms with van der Waals surface area (Å²) in [5.41, 5.74) is 1.16. The Labute approximate surface area is 156 Å². The van der Waals surface area contributed by atoms with Crippen molar-refractivity contribution in [1.29, 1.82) is 0 Å². The molecular weight excluding hydrogens is 326 g/mol. The van der Waals surface area contributed by atoms with Gasteiger partial charge in [0.25, 0.3) is 5.56 Å². The maximum absolute atomic E-state index is 13.0. The third kappa shape index (κ3) is 3.64. The van der Waals surface area contributed by atoms with Crippen LogP contribution in [0.2, 0.25) is 0 Å². The van der Waals surface area contributed by atoms with E-state index in [4.69, 9.17) is 4.74 Å². The summed E-state index contributed by atoms with van der Waals surface area (Å²) in [6.45, 7) is 8.68. The molecule has 0 aliphatic carbocycles. The van der Waals surface area contributed by atoms with Crippen LogP contribution < -0.4 is 15.6 Å². The van der Waals surface area contributed by atoms with Crippen molar-refractivity contribution in [3.63, 3.8) is 0 Å². The molecule has 0 amide bonds. The molecule has 0 radical (unpaired) electrons. The molecule has 1 aromatic heterocycles. The summed E-state index contributed by atoms with van der Waals surface area (Å²) in [4.78, 5) is 15.5. The number of hydrogen-bond acceptors (Lipinski definition) is 4. The number of benzene rings is 1. The summed E-state index contributed by atoms with van der Waals surface area (Å²) >= 11 is 0. The summed E-state index contributed by atoms with van der Waals surface area (Å²) in [5.74, 6) is 0.785. The highest BCUT2D eigenvalue weighted by atomic mass is 16.5. The van der Waals surface area contributed by atoms with Crippen LogP contribution >= 0.6 is 0 Å². The molecule has 0 bridgehead atoms. The Balaban J connectivity index is 2.09. The second-order valence-electron chi connectivity index (χ2n) is 7.61. The zero-order chi connectivity index (χ0) is 18.8. The van der Waals surface area contributed by atoms with E-state index in [0.717, 1.165) is 48.1 Å². The molecule has 0 saturated carbocycles. The lowest BCUT2D eigenvalue weighted by atomic mass is 9.99. The molecule has 1 aliphatic heterocycles. The van der Waals surface area contributed by atoms with Crippen LogP contribution in [0.3, 0.4) is 0 Å². The van der Waals surface area contributed by atoms with Gasteiger partial charge in [-0.3, -0.25) is 9.69 Å². The topological polar surface area (TPSA) is 46.5 Å². The molecule has 1 N–H and O–H groups in total. The van der Waals surface area contributed by atoms with Crippen molar-refractivity contribution >= 4 is 10.8 Å². The SMILES string of the molecule is CCCC(c1cc2cc(OC)ccc2c(=O)n1C)N1C[C@@H](C)N[C@@H](C)C1. The molecule has 0 spiro atoms. The molecule has 142 valence electrons. The van der Waals surface area contributed by atoms with Crippen LogP contribution in [0.4, 0.5) is 0 Å². The van der Waals surface area contributed by atoms with Gasteiger partial charge in [0, 0.05) is 43.3 Å². The highest BCUT2D eigenvalue weighted by Gasteiger charge is 2.29. The standard InChI is InChI=1S/C21H31N3O2/c1-6-7-19(24-12-14(2)22-15(3)13-24)20-11-16-10-17(26-5)8-9-18(16)21(25)23(20)4/h8-11,14-15,19,22H,6-7,12-13H2,1-5H3/t14-,15+,19?. The van der Waals surface area contributed by atoms with E-state index in [1.807, 2.05) is 29.8 Å². The number of ether oxygens (including phenoxy) is 1. The number of methoxy groups -OCH3 is 1. The largest absolute Gasteiger partial charge is 0.497 e. The van der Waals surface area contributed by atoms with Gasteiger partial charge in [-0.15, -0.1) is 0 Å². The minimum absolute atomic E-state index is 0.0671. The quantitative estimate of drug-likeness (QED) is 0.893. The van der Waals surface area contributed by atoms with Crippen LogP contribution in [-0.4, -0.2) is 41.8 Å². The second-order valence-corrected chi connectivity index (χ2v) is 7.61. The molecule has 1 saturated heterocycles. The van der Waals surface area contributed by atoms with Crippen LogP contribution in [0.5, 0.6) is 5.75 Å². The van der Waals surface area contributed by atoms with E-state index in [2.05, 4.69) is 37.1 Å². The highest BCUT2D eigenvalue weighted by molar-refractivity contribution is 5.83. The number of hydrogen-bond donors (Lipinski definition) is 1. The van der Waals surface area contributed by atoms with Gasteiger partial charge in [0.2, 0.25) is 0 Å². The lowest BCUT2D eigenvalue weighted by Crippen LogP contribution is -2.55. The van der Waals surface area contributed by atoms with E-state index in [-0.39, 0.29) is 11.6 Å². The van der Waals surface area contributed by atoms with Crippen LogP contribution in [-0.2, 0) is 7.05 Å². The maximum atomic E-state index is 13.0. The van der Waals surface area contributed by atoms with Gasteiger partial charge in [-0.1, -0.05) is 13.3 Å². The number of piperazine rings is 1. The Bertz CT molecular complexity index is 820. The number of nitrogens with one attached hydrogen (secondary N) is 1. The molecule has 3 atom stereocenters. The van der Waals surface area contributed by atoms with Gasteiger partial charge < -0.3 is 14.6 Å². The fourth-order valence-electron chi connectivity index (χ4n) is 4.27. The molecule has 5 nitrogen and oxygen atoms in total. The fourth-order valence-corrected chi connectivity index (χ4v) is 4.27. The summed E-state index contributed by atoms with van der Waals surface area (Å²) in [6, 6.07) is 9.02. The van der Waals surface area contributed by atoms with Crippen molar-refractivity contribution in [3.8, 4) is 5.75 Å².